The summed E-state index contributed by atoms with van der Waals surface area (Å²) in [7, 11) is 0. The molecule has 2 N–H and O–H groups in total. The lowest BCUT2D eigenvalue weighted by Crippen LogP contribution is -2.29. The normalized spacial score (nSPS) is 20.3. The second-order valence-electron chi connectivity index (χ2n) is 7.98. The summed E-state index contributed by atoms with van der Waals surface area (Å²) in [5.74, 6) is -0.266. The van der Waals surface area contributed by atoms with Crippen molar-refractivity contribution in [1.29, 1.82) is 0 Å². The zero-order valence-corrected chi connectivity index (χ0v) is 16.3. The van der Waals surface area contributed by atoms with Crippen LogP contribution in [-0.2, 0) is 11.2 Å². The van der Waals surface area contributed by atoms with Gasteiger partial charge in [-0.3, -0.25) is 4.79 Å². The smallest absolute Gasteiger partial charge is 0.307 e. The van der Waals surface area contributed by atoms with Gasteiger partial charge in [0.15, 0.2) is 0 Å². The fraction of sp³-hybridized carbons (Fsp3) is 0.320. The van der Waals surface area contributed by atoms with Crippen LogP contribution < -0.4 is 5.32 Å². The number of hydrogen-bond donors (Lipinski definition) is 2. The van der Waals surface area contributed by atoms with E-state index < -0.39 is 5.97 Å². The Kier molecular flexibility index (Phi) is 5.45. The monoisotopic (exact) mass is 373 g/mol. The van der Waals surface area contributed by atoms with Gasteiger partial charge in [0, 0.05) is 12.1 Å². The zero-order valence-electron chi connectivity index (χ0n) is 16.3. The van der Waals surface area contributed by atoms with Gasteiger partial charge in [-0.2, -0.15) is 0 Å². The van der Waals surface area contributed by atoms with E-state index in [0.717, 1.165) is 24.8 Å². The van der Waals surface area contributed by atoms with Crippen LogP contribution in [0.15, 0.2) is 66.7 Å². The minimum atomic E-state index is -0.771. The molecule has 0 bridgehead atoms. The number of rotatable bonds is 6. The first kappa shape index (κ1) is 18.7. The average Bonchev–Trinajstić information content (AvgIpc) is 3.16. The molecule has 0 amide bonds. The van der Waals surface area contributed by atoms with Crippen molar-refractivity contribution in [1.82, 2.24) is 5.32 Å². The van der Waals surface area contributed by atoms with Gasteiger partial charge in [0.1, 0.15) is 0 Å². The molecule has 0 aliphatic heterocycles. The predicted molar refractivity (Wildman–Crippen MR) is 114 cm³/mol. The Morgan fingerprint density at radius 1 is 1.07 bits per heavy atom. The van der Waals surface area contributed by atoms with Crippen molar-refractivity contribution in [3.63, 3.8) is 0 Å². The molecule has 0 aromatic heterocycles. The summed E-state index contributed by atoms with van der Waals surface area (Å²) in [6.07, 6.45) is 3.51. The highest BCUT2D eigenvalue weighted by Crippen LogP contribution is 2.36. The zero-order chi connectivity index (χ0) is 19.5. The van der Waals surface area contributed by atoms with Gasteiger partial charge in [0.05, 0.1) is 6.42 Å². The van der Waals surface area contributed by atoms with Gasteiger partial charge in [-0.25, -0.2) is 0 Å². The van der Waals surface area contributed by atoms with E-state index in [1.807, 2.05) is 12.1 Å². The first-order valence-electron chi connectivity index (χ1n) is 10.1. The van der Waals surface area contributed by atoms with Crippen LogP contribution in [0.5, 0.6) is 0 Å². The molecule has 1 saturated carbocycles. The standard InChI is InChI=1S/C25H27NO2/c1-17(23-11-5-8-19-7-2-3-10-24(19)23)26-22-13-12-21(16-22)20-9-4-6-18(14-20)15-25(27)28/h2-11,14,17,21-22,26H,12-13,15-16H2,1H3,(H,27,28)/t17-,21-,22?/m1/s1. The Hall–Kier alpha value is -2.65. The maximum Gasteiger partial charge on any atom is 0.307 e. The molecule has 1 aliphatic rings. The van der Waals surface area contributed by atoms with Crippen molar-refractivity contribution >= 4 is 16.7 Å². The predicted octanol–water partition coefficient (Wildman–Crippen LogP) is 5.45. The van der Waals surface area contributed by atoms with Crippen LogP contribution in [0, 0.1) is 0 Å². The van der Waals surface area contributed by atoms with Crippen molar-refractivity contribution in [2.75, 3.05) is 0 Å². The van der Waals surface area contributed by atoms with E-state index in [1.54, 1.807) is 0 Å². The van der Waals surface area contributed by atoms with E-state index in [2.05, 4.69) is 66.8 Å². The SMILES string of the molecule is C[C@@H](NC1CC[C@@H](c2cccc(CC(=O)O)c2)C1)c1cccc2ccccc12. The minimum Gasteiger partial charge on any atom is -0.481 e. The van der Waals surface area contributed by atoms with Gasteiger partial charge in [-0.15, -0.1) is 0 Å². The molecular weight excluding hydrogens is 346 g/mol. The number of carboxylic acids is 1. The molecule has 1 aliphatic carbocycles. The Morgan fingerprint density at radius 3 is 2.71 bits per heavy atom. The Labute approximate surface area is 166 Å². The first-order chi connectivity index (χ1) is 13.6. The second kappa shape index (κ2) is 8.15. The third-order valence-electron chi connectivity index (χ3n) is 5.99. The minimum absolute atomic E-state index is 0.0976. The first-order valence-corrected chi connectivity index (χ1v) is 10.1. The average molecular weight is 373 g/mol. The topological polar surface area (TPSA) is 49.3 Å². The molecule has 3 aromatic carbocycles. The van der Waals surface area contributed by atoms with Crippen LogP contribution in [0.1, 0.15) is 54.8 Å². The summed E-state index contributed by atoms with van der Waals surface area (Å²) in [5, 5.41) is 15.5. The van der Waals surface area contributed by atoms with Crippen LogP contribution in [0.2, 0.25) is 0 Å². The molecule has 3 atom stereocenters. The van der Waals surface area contributed by atoms with Crippen molar-refractivity contribution < 1.29 is 9.90 Å². The Balaban J connectivity index is 1.44. The Bertz CT molecular complexity index is 976. The molecule has 144 valence electrons. The summed E-state index contributed by atoms with van der Waals surface area (Å²) in [6.45, 7) is 2.25. The van der Waals surface area contributed by atoms with E-state index >= 15 is 0 Å². The number of carbonyl (C=O) groups is 1. The summed E-state index contributed by atoms with van der Waals surface area (Å²) in [5.41, 5.74) is 3.52. The van der Waals surface area contributed by atoms with Crippen molar-refractivity contribution in [2.45, 2.75) is 50.6 Å². The molecule has 28 heavy (non-hydrogen) atoms. The number of benzene rings is 3. The lowest BCUT2D eigenvalue weighted by molar-refractivity contribution is -0.136. The van der Waals surface area contributed by atoms with E-state index in [4.69, 9.17) is 5.11 Å². The lowest BCUT2D eigenvalue weighted by Gasteiger charge is -2.21. The summed E-state index contributed by atoms with van der Waals surface area (Å²) in [6, 6.07) is 24.0. The van der Waals surface area contributed by atoms with Crippen LogP contribution in [0.25, 0.3) is 10.8 Å². The highest BCUT2D eigenvalue weighted by molar-refractivity contribution is 5.86. The molecule has 0 spiro atoms. The molecule has 3 aromatic rings. The van der Waals surface area contributed by atoms with Gasteiger partial charge < -0.3 is 10.4 Å². The summed E-state index contributed by atoms with van der Waals surface area (Å²) >= 11 is 0. The molecule has 3 nitrogen and oxygen atoms in total. The van der Waals surface area contributed by atoms with E-state index in [9.17, 15) is 4.79 Å². The van der Waals surface area contributed by atoms with E-state index in [1.165, 1.54) is 21.9 Å². The van der Waals surface area contributed by atoms with E-state index in [-0.39, 0.29) is 6.42 Å². The fourth-order valence-electron chi connectivity index (χ4n) is 4.64. The van der Waals surface area contributed by atoms with Gasteiger partial charge in [0.25, 0.3) is 0 Å². The van der Waals surface area contributed by atoms with Crippen LogP contribution in [-0.4, -0.2) is 17.1 Å². The number of carboxylic acid groups (broad SMARTS) is 1. The second-order valence-corrected chi connectivity index (χ2v) is 7.98. The third-order valence-corrected chi connectivity index (χ3v) is 5.99. The quantitative estimate of drug-likeness (QED) is 0.604. The van der Waals surface area contributed by atoms with Gasteiger partial charge >= 0.3 is 5.97 Å². The highest BCUT2D eigenvalue weighted by atomic mass is 16.4. The number of aliphatic carboxylic acids is 1. The van der Waals surface area contributed by atoms with Crippen molar-refractivity contribution in [3.8, 4) is 0 Å². The maximum absolute atomic E-state index is 11.0. The van der Waals surface area contributed by atoms with Crippen LogP contribution >= 0.6 is 0 Å². The summed E-state index contributed by atoms with van der Waals surface area (Å²) < 4.78 is 0. The Morgan fingerprint density at radius 2 is 1.86 bits per heavy atom. The van der Waals surface area contributed by atoms with Crippen molar-refractivity contribution in [2.24, 2.45) is 0 Å². The molecule has 0 saturated heterocycles. The van der Waals surface area contributed by atoms with Crippen LogP contribution in [0.4, 0.5) is 0 Å². The highest BCUT2D eigenvalue weighted by Gasteiger charge is 2.27. The molecular formula is C25H27NO2. The number of fused-ring (bicyclic) bond motifs is 1. The lowest BCUT2D eigenvalue weighted by atomic mass is 9.94. The summed E-state index contributed by atoms with van der Waals surface area (Å²) in [4.78, 5) is 11.0. The molecule has 3 heteroatoms. The molecule has 1 fully saturated rings. The molecule has 4 rings (SSSR count). The van der Waals surface area contributed by atoms with Crippen LogP contribution in [0.3, 0.4) is 0 Å². The molecule has 0 radical (unpaired) electrons. The molecule has 0 heterocycles. The number of nitrogens with one attached hydrogen (secondary N) is 1. The largest absolute Gasteiger partial charge is 0.481 e. The van der Waals surface area contributed by atoms with Gasteiger partial charge in [-0.05, 0) is 59.6 Å². The number of hydrogen-bond acceptors (Lipinski definition) is 2. The third kappa shape index (κ3) is 4.10. The maximum atomic E-state index is 11.0. The van der Waals surface area contributed by atoms with E-state index in [0.29, 0.717) is 18.0 Å². The van der Waals surface area contributed by atoms with Gasteiger partial charge in [-0.1, -0.05) is 66.7 Å². The fourth-order valence-corrected chi connectivity index (χ4v) is 4.64. The molecule has 1 unspecified atom stereocenters. The van der Waals surface area contributed by atoms with Crippen molar-refractivity contribution in [3.05, 3.63) is 83.4 Å². The van der Waals surface area contributed by atoms with Gasteiger partial charge in [0.2, 0.25) is 0 Å².